The van der Waals surface area contributed by atoms with E-state index >= 15 is 0 Å². The van der Waals surface area contributed by atoms with E-state index in [0.717, 1.165) is 10.5 Å². The first-order chi connectivity index (χ1) is 9.97. The molecule has 2 amide bonds. The summed E-state index contributed by atoms with van der Waals surface area (Å²) in [6.45, 7) is 0.268. The first-order valence-electron chi connectivity index (χ1n) is 6.67. The van der Waals surface area contributed by atoms with Crippen molar-refractivity contribution in [2.75, 3.05) is 13.1 Å². The van der Waals surface area contributed by atoms with Crippen molar-refractivity contribution in [3.63, 3.8) is 0 Å². The zero-order valence-corrected chi connectivity index (χ0v) is 11.3. The van der Waals surface area contributed by atoms with Gasteiger partial charge >= 0.3 is 12.0 Å². The van der Waals surface area contributed by atoms with Crippen molar-refractivity contribution in [2.24, 2.45) is 0 Å². The molecular weight excluding hydrogens is 279 g/mol. The standard InChI is InChI=1S/C14H17FN2O4/c15-10-3-1-2-9(6-10)4-5-16-14(21)17-8-11(18)7-12(17)13(19)20/h1-3,6,11-12,18H,4-5,7-8H2,(H,16,21)(H,19,20)/t11-,12+/m1/s1. The second kappa shape index (κ2) is 6.53. The monoisotopic (exact) mass is 296 g/mol. The molecule has 3 N–H and O–H groups in total. The molecule has 1 aromatic carbocycles. The molecule has 0 radical (unpaired) electrons. The van der Waals surface area contributed by atoms with E-state index in [0.29, 0.717) is 6.42 Å². The summed E-state index contributed by atoms with van der Waals surface area (Å²) in [5, 5.41) is 21.1. The Morgan fingerprint density at radius 1 is 1.43 bits per heavy atom. The Labute approximate surface area is 121 Å². The van der Waals surface area contributed by atoms with E-state index in [2.05, 4.69) is 5.32 Å². The Morgan fingerprint density at radius 3 is 2.86 bits per heavy atom. The summed E-state index contributed by atoms with van der Waals surface area (Å²) in [5.74, 6) is -1.47. The van der Waals surface area contributed by atoms with Crippen LogP contribution in [0.15, 0.2) is 24.3 Å². The minimum Gasteiger partial charge on any atom is -0.480 e. The van der Waals surface area contributed by atoms with Gasteiger partial charge in [0.25, 0.3) is 0 Å². The highest BCUT2D eigenvalue weighted by Gasteiger charge is 2.38. The van der Waals surface area contributed by atoms with Crippen molar-refractivity contribution in [1.29, 1.82) is 0 Å². The lowest BCUT2D eigenvalue weighted by molar-refractivity contribution is -0.141. The van der Waals surface area contributed by atoms with Gasteiger partial charge in [-0.15, -0.1) is 0 Å². The van der Waals surface area contributed by atoms with Crippen LogP contribution >= 0.6 is 0 Å². The van der Waals surface area contributed by atoms with Crippen molar-refractivity contribution >= 4 is 12.0 Å². The number of carboxylic acids is 1. The van der Waals surface area contributed by atoms with Gasteiger partial charge in [-0.1, -0.05) is 12.1 Å². The molecule has 7 heteroatoms. The normalized spacial score (nSPS) is 21.3. The molecule has 0 saturated carbocycles. The number of aliphatic carboxylic acids is 1. The zero-order chi connectivity index (χ0) is 15.4. The number of carboxylic acid groups (broad SMARTS) is 1. The summed E-state index contributed by atoms with van der Waals surface area (Å²) in [6.07, 6.45) is -0.343. The summed E-state index contributed by atoms with van der Waals surface area (Å²) in [5.41, 5.74) is 0.742. The fourth-order valence-electron chi connectivity index (χ4n) is 2.38. The van der Waals surface area contributed by atoms with E-state index in [9.17, 15) is 19.1 Å². The van der Waals surface area contributed by atoms with Crippen LogP contribution in [0.1, 0.15) is 12.0 Å². The molecule has 1 aliphatic heterocycles. The minimum absolute atomic E-state index is 0.00274. The van der Waals surface area contributed by atoms with E-state index in [1.165, 1.54) is 12.1 Å². The molecule has 2 atom stereocenters. The number of hydrogen-bond donors (Lipinski definition) is 3. The smallest absolute Gasteiger partial charge is 0.326 e. The summed E-state index contributed by atoms with van der Waals surface area (Å²) < 4.78 is 13.0. The van der Waals surface area contributed by atoms with Gasteiger partial charge in [0.1, 0.15) is 11.9 Å². The van der Waals surface area contributed by atoms with Crippen molar-refractivity contribution in [3.8, 4) is 0 Å². The van der Waals surface area contributed by atoms with Gasteiger partial charge in [-0.3, -0.25) is 0 Å². The lowest BCUT2D eigenvalue weighted by Crippen LogP contribution is -2.46. The maximum atomic E-state index is 13.0. The predicted octanol–water partition coefficient (Wildman–Crippen LogP) is 0.598. The second-order valence-electron chi connectivity index (χ2n) is 5.01. The lowest BCUT2D eigenvalue weighted by Gasteiger charge is -2.21. The predicted molar refractivity (Wildman–Crippen MR) is 72.3 cm³/mol. The van der Waals surface area contributed by atoms with Gasteiger partial charge in [-0.05, 0) is 24.1 Å². The van der Waals surface area contributed by atoms with E-state index in [-0.39, 0.29) is 25.3 Å². The average molecular weight is 296 g/mol. The quantitative estimate of drug-likeness (QED) is 0.759. The molecule has 6 nitrogen and oxygen atoms in total. The van der Waals surface area contributed by atoms with Gasteiger partial charge in [0.15, 0.2) is 0 Å². The Hall–Kier alpha value is -2.15. The third kappa shape index (κ3) is 3.91. The van der Waals surface area contributed by atoms with E-state index in [1.807, 2.05) is 0 Å². The molecular formula is C14H17FN2O4. The van der Waals surface area contributed by atoms with E-state index in [1.54, 1.807) is 12.1 Å². The fraction of sp³-hybridized carbons (Fsp3) is 0.429. The highest BCUT2D eigenvalue weighted by atomic mass is 19.1. The number of aliphatic hydroxyl groups is 1. The maximum Gasteiger partial charge on any atom is 0.326 e. The first kappa shape index (κ1) is 15.2. The highest BCUT2D eigenvalue weighted by molar-refractivity contribution is 5.83. The number of likely N-dealkylation sites (tertiary alicyclic amines) is 1. The molecule has 2 rings (SSSR count). The Kier molecular flexibility index (Phi) is 4.74. The van der Waals surface area contributed by atoms with Crippen LogP contribution in [0, 0.1) is 5.82 Å². The number of nitrogens with one attached hydrogen (secondary N) is 1. The van der Waals surface area contributed by atoms with Gasteiger partial charge in [-0.2, -0.15) is 0 Å². The van der Waals surface area contributed by atoms with Crippen molar-refractivity contribution in [1.82, 2.24) is 10.2 Å². The number of nitrogens with zero attached hydrogens (tertiary/aromatic N) is 1. The largest absolute Gasteiger partial charge is 0.480 e. The second-order valence-corrected chi connectivity index (χ2v) is 5.01. The molecule has 1 aliphatic rings. The Morgan fingerprint density at radius 2 is 2.19 bits per heavy atom. The van der Waals surface area contributed by atoms with Gasteiger partial charge in [0.05, 0.1) is 6.10 Å². The molecule has 1 fully saturated rings. The number of halogens is 1. The van der Waals surface area contributed by atoms with Crippen LogP contribution in [0.2, 0.25) is 0 Å². The molecule has 1 aromatic rings. The maximum absolute atomic E-state index is 13.0. The number of rotatable bonds is 4. The Balaban J connectivity index is 1.85. The van der Waals surface area contributed by atoms with Crippen molar-refractivity contribution in [3.05, 3.63) is 35.6 Å². The number of benzene rings is 1. The van der Waals surface area contributed by atoms with Gasteiger partial charge in [0.2, 0.25) is 0 Å². The number of carbonyl (C=O) groups is 2. The molecule has 0 unspecified atom stereocenters. The van der Waals surface area contributed by atoms with Crippen LogP contribution in [-0.2, 0) is 11.2 Å². The molecule has 0 spiro atoms. The number of hydrogen-bond acceptors (Lipinski definition) is 3. The topological polar surface area (TPSA) is 89.9 Å². The van der Waals surface area contributed by atoms with Crippen molar-refractivity contribution in [2.45, 2.75) is 25.0 Å². The summed E-state index contributed by atoms with van der Waals surface area (Å²) in [7, 11) is 0. The van der Waals surface area contributed by atoms with Crippen LogP contribution in [-0.4, -0.2) is 52.3 Å². The van der Waals surface area contributed by atoms with Gasteiger partial charge < -0.3 is 20.4 Å². The Bertz CT molecular complexity index is 537. The summed E-state index contributed by atoms with van der Waals surface area (Å²) in [6, 6.07) is 4.51. The molecule has 0 aliphatic carbocycles. The summed E-state index contributed by atoms with van der Waals surface area (Å²) >= 11 is 0. The van der Waals surface area contributed by atoms with Crippen LogP contribution < -0.4 is 5.32 Å². The van der Waals surface area contributed by atoms with Crippen LogP contribution in [0.3, 0.4) is 0 Å². The van der Waals surface area contributed by atoms with Crippen LogP contribution in [0.5, 0.6) is 0 Å². The highest BCUT2D eigenvalue weighted by Crippen LogP contribution is 2.18. The molecule has 0 aromatic heterocycles. The molecule has 114 valence electrons. The molecule has 21 heavy (non-hydrogen) atoms. The average Bonchev–Trinajstić information content (AvgIpc) is 2.81. The van der Waals surface area contributed by atoms with E-state index < -0.39 is 24.1 Å². The van der Waals surface area contributed by atoms with Gasteiger partial charge in [0, 0.05) is 19.5 Å². The SMILES string of the molecule is O=C(O)[C@@H]1C[C@@H](O)CN1C(=O)NCCc1cccc(F)c1. The van der Waals surface area contributed by atoms with Crippen LogP contribution in [0.25, 0.3) is 0 Å². The summed E-state index contributed by atoms with van der Waals surface area (Å²) in [4.78, 5) is 24.1. The third-order valence-electron chi connectivity index (χ3n) is 3.40. The number of amides is 2. The van der Waals surface area contributed by atoms with Crippen LogP contribution in [0.4, 0.5) is 9.18 Å². The number of β-amino-alcohol motifs (C(OH)–C–C–N with tert-alkyl or cyclic N) is 1. The third-order valence-corrected chi connectivity index (χ3v) is 3.40. The number of urea groups is 1. The first-order valence-corrected chi connectivity index (χ1v) is 6.67. The number of aliphatic hydroxyl groups excluding tert-OH is 1. The molecule has 0 bridgehead atoms. The van der Waals surface area contributed by atoms with Crippen molar-refractivity contribution < 1.29 is 24.2 Å². The van der Waals surface area contributed by atoms with E-state index in [4.69, 9.17) is 5.11 Å². The zero-order valence-electron chi connectivity index (χ0n) is 11.3. The fourth-order valence-corrected chi connectivity index (χ4v) is 2.38. The van der Waals surface area contributed by atoms with Gasteiger partial charge in [-0.25, -0.2) is 14.0 Å². The lowest BCUT2D eigenvalue weighted by atomic mass is 10.1. The minimum atomic E-state index is -1.13. The molecule has 1 saturated heterocycles. The number of carbonyl (C=O) groups excluding carboxylic acids is 1. The molecule has 1 heterocycles.